The third-order valence-corrected chi connectivity index (χ3v) is 10.6. The van der Waals surface area contributed by atoms with Gasteiger partial charge in [-0.3, -0.25) is 14.6 Å². The van der Waals surface area contributed by atoms with Crippen molar-refractivity contribution >= 4 is 33.4 Å². The molecular weight excluding hydrogens is 686 g/mol. The van der Waals surface area contributed by atoms with Gasteiger partial charge in [0.2, 0.25) is 0 Å². The second-order valence-corrected chi connectivity index (χ2v) is 14.8. The summed E-state index contributed by atoms with van der Waals surface area (Å²) in [7, 11) is 0. The fraction of sp³-hybridized carbons (Fsp3) is 0.465. The molecule has 2 aliphatic carbocycles. The molecule has 0 amide bonds. The number of nitrogens with one attached hydrogen (secondary N) is 2. The number of aromatic nitrogens is 2. The number of allylic oxidation sites excluding steroid dienone is 4. The van der Waals surface area contributed by atoms with E-state index in [0.29, 0.717) is 53.3 Å². The fourth-order valence-electron chi connectivity index (χ4n) is 7.97. The van der Waals surface area contributed by atoms with Gasteiger partial charge in [-0.15, -0.1) is 0 Å². The molecule has 2 saturated heterocycles. The Labute approximate surface area is 315 Å². The lowest BCUT2D eigenvalue weighted by atomic mass is 9.73. The number of H-pyrrole nitrogens is 1. The number of benzene rings is 1. The zero-order valence-electron chi connectivity index (χ0n) is 31.3. The molecule has 3 aromatic rings. The Kier molecular flexibility index (Phi) is 10.9. The van der Waals surface area contributed by atoms with Gasteiger partial charge in [0.25, 0.3) is 0 Å². The van der Waals surface area contributed by atoms with Crippen molar-refractivity contribution < 1.29 is 38.7 Å². The van der Waals surface area contributed by atoms with Crippen LogP contribution >= 0.6 is 0 Å². The van der Waals surface area contributed by atoms with Crippen molar-refractivity contribution in [2.45, 2.75) is 115 Å². The average Bonchev–Trinajstić information content (AvgIpc) is 3.51. The van der Waals surface area contributed by atoms with Gasteiger partial charge in [0.15, 0.2) is 29.7 Å². The van der Waals surface area contributed by atoms with Crippen molar-refractivity contribution in [2.24, 2.45) is 5.92 Å². The van der Waals surface area contributed by atoms with Gasteiger partial charge in [-0.05, 0) is 81.0 Å². The third-order valence-electron chi connectivity index (χ3n) is 10.6. The van der Waals surface area contributed by atoms with Gasteiger partial charge in [0, 0.05) is 46.3 Å². The van der Waals surface area contributed by atoms with Crippen LogP contribution in [0, 0.1) is 29.6 Å². The molecule has 0 radical (unpaired) electrons. The number of carbonyl (C=O) groups excluding carboxylic acids is 2. The van der Waals surface area contributed by atoms with Crippen molar-refractivity contribution in [3.05, 3.63) is 71.1 Å². The SMILES string of the molecule is CC/C=C1\C2=C(C)C(=O)C[C@@]1(O)C#C/C=C\C#C[C@@H]2OC1OC(C)C(C(=O)c2cncc3c2[nH]c2ccc(O)cc23)CC1OC1CCC(NC(C)C)CO1. The van der Waals surface area contributed by atoms with Crippen LogP contribution in [-0.4, -0.2) is 86.9 Å². The molecule has 4 heterocycles. The van der Waals surface area contributed by atoms with Gasteiger partial charge in [-0.2, -0.15) is 0 Å². The average molecular weight is 734 g/mol. The van der Waals surface area contributed by atoms with Crippen LogP contribution in [0.3, 0.4) is 0 Å². The topological polar surface area (TPSA) is 152 Å². The molecule has 6 unspecified atom stereocenters. The number of Topliss-reactive ketones (excluding diaryl/α,β-unsaturated/α-hetero) is 2. The number of rotatable bonds is 9. The fourth-order valence-corrected chi connectivity index (χ4v) is 7.97. The van der Waals surface area contributed by atoms with E-state index in [1.54, 1.807) is 49.7 Å². The van der Waals surface area contributed by atoms with Crippen molar-refractivity contribution in [1.29, 1.82) is 0 Å². The zero-order chi connectivity index (χ0) is 38.1. The molecule has 0 spiro atoms. The Hall–Kier alpha value is -4.59. The van der Waals surface area contributed by atoms with E-state index < -0.39 is 42.4 Å². The highest BCUT2D eigenvalue weighted by molar-refractivity contribution is 6.15. The number of hydrogen-bond acceptors (Lipinski definition) is 10. The molecule has 0 saturated carbocycles. The summed E-state index contributed by atoms with van der Waals surface area (Å²) in [6.07, 6.45) is 6.35. The minimum absolute atomic E-state index is 0.117. The maximum atomic E-state index is 14.5. The lowest BCUT2D eigenvalue weighted by Gasteiger charge is -2.43. The number of phenols is 1. The maximum absolute atomic E-state index is 14.5. The Morgan fingerprint density at radius 1 is 1.19 bits per heavy atom. The van der Waals surface area contributed by atoms with E-state index in [9.17, 15) is 19.8 Å². The largest absolute Gasteiger partial charge is 0.508 e. The molecule has 4 N–H and O–H groups in total. The second kappa shape index (κ2) is 15.6. The third kappa shape index (κ3) is 7.54. The molecule has 54 heavy (non-hydrogen) atoms. The molecule has 2 fully saturated rings. The maximum Gasteiger partial charge on any atom is 0.186 e. The molecule has 11 nitrogen and oxygen atoms in total. The zero-order valence-corrected chi connectivity index (χ0v) is 31.3. The Morgan fingerprint density at radius 3 is 2.76 bits per heavy atom. The number of nitrogens with zero attached hydrogens (tertiary/aromatic N) is 1. The van der Waals surface area contributed by atoms with Crippen LogP contribution in [0.2, 0.25) is 0 Å². The Balaban J connectivity index is 1.22. The summed E-state index contributed by atoms with van der Waals surface area (Å²) in [5, 5.41) is 26.9. The molecule has 7 rings (SSSR count). The summed E-state index contributed by atoms with van der Waals surface area (Å²) in [6, 6.07) is 5.51. The Morgan fingerprint density at radius 2 is 2.00 bits per heavy atom. The molecule has 1 aromatic carbocycles. The number of phenolic OH excluding ortho intramolecular Hbond substituents is 1. The van der Waals surface area contributed by atoms with Crippen molar-refractivity contribution in [3.8, 4) is 29.4 Å². The number of aliphatic hydroxyl groups is 1. The monoisotopic (exact) mass is 733 g/mol. The van der Waals surface area contributed by atoms with E-state index in [1.807, 2.05) is 19.9 Å². The quantitative estimate of drug-likeness (QED) is 0.163. The molecule has 11 heteroatoms. The number of aromatic amines is 1. The lowest BCUT2D eigenvalue weighted by Crippen LogP contribution is -2.52. The predicted molar refractivity (Wildman–Crippen MR) is 203 cm³/mol. The predicted octanol–water partition coefficient (Wildman–Crippen LogP) is 5.56. The highest BCUT2D eigenvalue weighted by atomic mass is 16.7. The number of aromatic hydroxyl groups is 1. The van der Waals surface area contributed by atoms with E-state index in [1.165, 1.54) is 0 Å². The number of carbonyl (C=O) groups is 2. The van der Waals surface area contributed by atoms with E-state index >= 15 is 0 Å². The van der Waals surface area contributed by atoms with Crippen LogP contribution in [0.4, 0.5) is 0 Å². The van der Waals surface area contributed by atoms with E-state index in [4.69, 9.17) is 18.9 Å². The molecule has 8 atom stereocenters. The van der Waals surface area contributed by atoms with Crippen molar-refractivity contribution in [2.75, 3.05) is 6.61 Å². The smallest absolute Gasteiger partial charge is 0.186 e. The molecule has 2 aromatic heterocycles. The van der Waals surface area contributed by atoms with Crippen LogP contribution in [0.1, 0.15) is 77.1 Å². The first-order chi connectivity index (χ1) is 26.0. The van der Waals surface area contributed by atoms with Gasteiger partial charge in [0.05, 0.1) is 36.1 Å². The van der Waals surface area contributed by atoms with Crippen LogP contribution in [-0.2, 0) is 23.7 Å². The minimum atomic E-state index is -1.71. The molecule has 2 aliphatic heterocycles. The first-order valence-corrected chi connectivity index (χ1v) is 18.8. The summed E-state index contributed by atoms with van der Waals surface area (Å²) in [5.74, 6) is 10.9. The van der Waals surface area contributed by atoms with E-state index in [0.717, 1.165) is 22.7 Å². The van der Waals surface area contributed by atoms with Gasteiger partial charge in [0.1, 0.15) is 18.0 Å². The van der Waals surface area contributed by atoms with Crippen LogP contribution in [0.5, 0.6) is 5.75 Å². The molecule has 2 bridgehead atoms. The van der Waals surface area contributed by atoms with Crippen LogP contribution < -0.4 is 5.32 Å². The first kappa shape index (κ1) is 37.7. The molecule has 4 aliphatic rings. The first-order valence-electron chi connectivity index (χ1n) is 18.8. The highest BCUT2D eigenvalue weighted by Crippen LogP contribution is 2.41. The van der Waals surface area contributed by atoms with Crippen LogP contribution in [0.15, 0.2) is 65.5 Å². The standard InChI is InChI=1S/C43H47N3O8/c1-6-11-33-39-25(4)35(48)20-43(33,50)17-10-8-7-9-12-36(39)54-42-37(53-38-16-13-27(23-51-38)45-24(2)3)19-29(26(5)52-42)41(49)32-22-44-21-31-30-18-28(47)14-15-34(30)46-40(31)32/h7-8,11,14-15,18,21-22,24,26-27,29,36-38,42,45-47,50H,6,13,16,19-20,23H2,1-5H3/b8-7-,33-11+/t26?,27?,29?,36-,37?,38?,42?,43-/m0/s1. The normalized spacial score (nSPS) is 31.3. The summed E-state index contributed by atoms with van der Waals surface area (Å²) >= 11 is 0. The number of hydrogen-bond donors (Lipinski definition) is 4. The summed E-state index contributed by atoms with van der Waals surface area (Å²) in [5.41, 5.74) is 1.47. The van der Waals surface area contributed by atoms with E-state index in [-0.39, 0.29) is 36.2 Å². The summed E-state index contributed by atoms with van der Waals surface area (Å²) < 4.78 is 26.2. The van der Waals surface area contributed by atoms with Gasteiger partial charge in [-0.1, -0.05) is 50.5 Å². The van der Waals surface area contributed by atoms with Gasteiger partial charge >= 0.3 is 0 Å². The van der Waals surface area contributed by atoms with Gasteiger partial charge in [-0.25, -0.2) is 0 Å². The van der Waals surface area contributed by atoms with Gasteiger partial charge < -0.3 is 39.5 Å². The second-order valence-electron chi connectivity index (χ2n) is 14.8. The van der Waals surface area contributed by atoms with E-state index in [2.05, 4.69) is 52.8 Å². The molecule has 282 valence electrons. The number of pyridine rings is 1. The molecular formula is C43H47N3O8. The number of ketones is 2. The van der Waals surface area contributed by atoms with Crippen molar-refractivity contribution in [3.63, 3.8) is 0 Å². The van der Waals surface area contributed by atoms with Crippen molar-refractivity contribution in [1.82, 2.24) is 15.3 Å². The summed E-state index contributed by atoms with van der Waals surface area (Å²) in [6.45, 7) is 10.2. The number of fused-ring (bicyclic) bond motifs is 5. The highest BCUT2D eigenvalue weighted by Gasteiger charge is 2.47. The Bertz CT molecular complexity index is 2170. The minimum Gasteiger partial charge on any atom is -0.508 e. The number of ether oxygens (including phenoxy) is 4. The summed E-state index contributed by atoms with van der Waals surface area (Å²) in [4.78, 5) is 35.7. The lowest BCUT2D eigenvalue weighted by molar-refractivity contribution is -0.299. The van der Waals surface area contributed by atoms with Crippen LogP contribution in [0.25, 0.3) is 21.8 Å².